The third-order valence-corrected chi connectivity index (χ3v) is 5.27. The number of fused-ring (bicyclic) bond motifs is 1. The highest BCUT2D eigenvalue weighted by atomic mass is 16.3. The second-order valence-electron chi connectivity index (χ2n) is 6.63. The van der Waals surface area contributed by atoms with E-state index in [4.69, 9.17) is 0 Å². The van der Waals surface area contributed by atoms with Crippen LogP contribution < -0.4 is 0 Å². The summed E-state index contributed by atoms with van der Waals surface area (Å²) in [6.45, 7) is 9.03. The van der Waals surface area contributed by atoms with Gasteiger partial charge in [0, 0.05) is 5.41 Å². The summed E-state index contributed by atoms with van der Waals surface area (Å²) in [6.07, 6.45) is 7.87. The number of hydrogen-bond donors (Lipinski definition) is 1. The molecular weight excluding hydrogens is 196 g/mol. The molecule has 0 aliphatic heterocycles. The highest BCUT2D eigenvalue weighted by molar-refractivity contribution is 5.15. The van der Waals surface area contributed by atoms with Gasteiger partial charge in [0.2, 0.25) is 0 Å². The molecule has 92 valence electrons. The molecule has 0 heterocycles. The second-order valence-corrected chi connectivity index (χ2v) is 6.63. The molecule has 2 aliphatic carbocycles. The number of allylic oxidation sites excluding steroid dienone is 2. The van der Waals surface area contributed by atoms with Crippen LogP contribution in [-0.2, 0) is 0 Å². The number of rotatable bonds is 1. The van der Waals surface area contributed by atoms with E-state index in [1.807, 2.05) is 0 Å². The minimum absolute atomic E-state index is 0.125. The molecule has 0 aromatic carbocycles. The molecule has 16 heavy (non-hydrogen) atoms. The van der Waals surface area contributed by atoms with E-state index in [0.29, 0.717) is 11.8 Å². The normalized spacial score (nSPS) is 44.1. The van der Waals surface area contributed by atoms with E-state index in [1.165, 1.54) is 18.4 Å². The monoisotopic (exact) mass is 222 g/mol. The third-order valence-electron chi connectivity index (χ3n) is 5.27. The summed E-state index contributed by atoms with van der Waals surface area (Å²) in [7, 11) is 0. The molecule has 1 fully saturated rings. The molecule has 1 N–H and O–H groups in total. The second kappa shape index (κ2) is 3.87. The largest absolute Gasteiger partial charge is 0.389 e. The Morgan fingerprint density at radius 1 is 1.38 bits per heavy atom. The Morgan fingerprint density at radius 3 is 2.69 bits per heavy atom. The van der Waals surface area contributed by atoms with Crippen molar-refractivity contribution in [1.29, 1.82) is 0 Å². The predicted molar refractivity (Wildman–Crippen MR) is 68.2 cm³/mol. The standard InChI is InChI=1S/C15H26O/c1-11(2)13-7-9-14(4)8-5-12(3)6-10-15(13,14)16/h5,11,13,16H,6-10H2,1-4H3. The topological polar surface area (TPSA) is 20.2 Å². The average molecular weight is 222 g/mol. The van der Waals surface area contributed by atoms with Crippen LogP contribution in [-0.4, -0.2) is 10.7 Å². The van der Waals surface area contributed by atoms with Crippen molar-refractivity contribution < 1.29 is 5.11 Å². The van der Waals surface area contributed by atoms with Crippen LogP contribution >= 0.6 is 0 Å². The van der Waals surface area contributed by atoms with Gasteiger partial charge in [-0.25, -0.2) is 0 Å². The lowest BCUT2D eigenvalue weighted by Gasteiger charge is -2.43. The highest BCUT2D eigenvalue weighted by Gasteiger charge is 2.56. The quantitative estimate of drug-likeness (QED) is 0.667. The maximum absolute atomic E-state index is 11.2. The van der Waals surface area contributed by atoms with E-state index >= 15 is 0 Å². The van der Waals surface area contributed by atoms with Gasteiger partial charge in [-0.3, -0.25) is 0 Å². The Labute approximate surface area is 99.9 Å². The number of hydrogen-bond acceptors (Lipinski definition) is 1. The molecule has 0 saturated heterocycles. The van der Waals surface area contributed by atoms with Crippen LogP contribution in [0.4, 0.5) is 0 Å². The Bertz CT molecular complexity index is 305. The van der Waals surface area contributed by atoms with Crippen LogP contribution in [0, 0.1) is 17.3 Å². The van der Waals surface area contributed by atoms with E-state index in [2.05, 4.69) is 33.8 Å². The van der Waals surface area contributed by atoms with Crippen LogP contribution in [0.1, 0.15) is 59.8 Å². The van der Waals surface area contributed by atoms with Crippen molar-refractivity contribution in [2.24, 2.45) is 17.3 Å². The molecule has 0 aromatic heterocycles. The van der Waals surface area contributed by atoms with Crippen LogP contribution in [0.3, 0.4) is 0 Å². The van der Waals surface area contributed by atoms with Gasteiger partial charge in [0.15, 0.2) is 0 Å². The van der Waals surface area contributed by atoms with Crippen LogP contribution in [0.5, 0.6) is 0 Å². The Balaban J connectivity index is 2.32. The number of aliphatic hydroxyl groups is 1. The van der Waals surface area contributed by atoms with Gasteiger partial charge in [0.05, 0.1) is 5.60 Å². The fraction of sp³-hybridized carbons (Fsp3) is 0.867. The van der Waals surface area contributed by atoms with E-state index in [1.54, 1.807) is 0 Å². The summed E-state index contributed by atoms with van der Waals surface area (Å²) >= 11 is 0. The van der Waals surface area contributed by atoms with E-state index < -0.39 is 5.60 Å². The molecule has 1 saturated carbocycles. The molecule has 2 rings (SSSR count). The fourth-order valence-corrected chi connectivity index (χ4v) is 3.92. The summed E-state index contributed by atoms with van der Waals surface area (Å²) in [5, 5.41) is 11.2. The summed E-state index contributed by atoms with van der Waals surface area (Å²) in [5.41, 5.74) is 1.17. The fourth-order valence-electron chi connectivity index (χ4n) is 3.92. The predicted octanol–water partition coefficient (Wildman–Crippen LogP) is 3.92. The van der Waals surface area contributed by atoms with Gasteiger partial charge in [0.1, 0.15) is 0 Å². The van der Waals surface area contributed by atoms with Crippen molar-refractivity contribution in [2.45, 2.75) is 65.4 Å². The molecule has 3 unspecified atom stereocenters. The zero-order valence-corrected chi connectivity index (χ0v) is 11.2. The average Bonchev–Trinajstić information content (AvgIpc) is 2.41. The van der Waals surface area contributed by atoms with Crippen molar-refractivity contribution in [2.75, 3.05) is 0 Å². The molecule has 0 bridgehead atoms. The zero-order valence-electron chi connectivity index (χ0n) is 11.2. The van der Waals surface area contributed by atoms with Gasteiger partial charge in [-0.1, -0.05) is 32.4 Å². The maximum Gasteiger partial charge on any atom is 0.0737 e. The van der Waals surface area contributed by atoms with Gasteiger partial charge in [-0.15, -0.1) is 0 Å². The lowest BCUT2D eigenvalue weighted by Crippen LogP contribution is -2.47. The molecule has 3 atom stereocenters. The summed E-state index contributed by atoms with van der Waals surface area (Å²) in [6, 6.07) is 0. The van der Waals surface area contributed by atoms with Gasteiger partial charge in [-0.05, 0) is 50.9 Å². The molecule has 1 nitrogen and oxygen atoms in total. The minimum atomic E-state index is -0.421. The van der Waals surface area contributed by atoms with Crippen LogP contribution in [0.25, 0.3) is 0 Å². The molecular formula is C15H26O. The SMILES string of the molecule is CC1=CCC2(C)CCC(C(C)C)C2(O)CC1. The molecule has 0 aromatic rings. The van der Waals surface area contributed by atoms with Crippen molar-refractivity contribution in [3.05, 3.63) is 11.6 Å². The maximum atomic E-state index is 11.2. The molecule has 0 radical (unpaired) electrons. The van der Waals surface area contributed by atoms with Gasteiger partial charge >= 0.3 is 0 Å². The van der Waals surface area contributed by atoms with E-state index in [-0.39, 0.29) is 5.41 Å². The summed E-state index contributed by atoms with van der Waals surface area (Å²) in [5.74, 6) is 1.10. The molecule has 0 spiro atoms. The van der Waals surface area contributed by atoms with Crippen LogP contribution in [0.2, 0.25) is 0 Å². The Hall–Kier alpha value is -0.300. The smallest absolute Gasteiger partial charge is 0.0737 e. The first kappa shape index (κ1) is 12.2. The first-order chi connectivity index (χ1) is 7.39. The van der Waals surface area contributed by atoms with Gasteiger partial charge < -0.3 is 5.11 Å². The highest BCUT2D eigenvalue weighted by Crippen LogP contribution is 2.57. The lowest BCUT2D eigenvalue weighted by molar-refractivity contribution is -0.0975. The van der Waals surface area contributed by atoms with Crippen molar-refractivity contribution in [3.63, 3.8) is 0 Å². The summed E-state index contributed by atoms with van der Waals surface area (Å²) < 4.78 is 0. The first-order valence-electron chi connectivity index (χ1n) is 6.77. The minimum Gasteiger partial charge on any atom is -0.389 e. The van der Waals surface area contributed by atoms with Crippen LogP contribution in [0.15, 0.2) is 11.6 Å². The molecule has 2 aliphatic rings. The van der Waals surface area contributed by atoms with E-state index in [0.717, 1.165) is 19.3 Å². The summed E-state index contributed by atoms with van der Waals surface area (Å²) in [4.78, 5) is 0. The lowest BCUT2D eigenvalue weighted by atomic mass is 9.67. The zero-order chi connectivity index (χ0) is 12.0. The Morgan fingerprint density at radius 2 is 2.06 bits per heavy atom. The third kappa shape index (κ3) is 1.64. The van der Waals surface area contributed by atoms with E-state index in [9.17, 15) is 5.11 Å². The molecule has 0 amide bonds. The van der Waals surface area contributed by atoms with Gasteiger partial charge in [0.25, 0.3) is 0 Å². The molecule has 1 heteroatoms. The van der Waals surface area contributed by atoms with Crippen molar-refractivity contribution in [3.8, 4) is 0 Å². The van der Waals surface area contributed by atoms with Crippen molar-refractivity contribution in [1.82, 2.24) is 0 Å². The van der Waals surface area contributed by atoms with Gasteiger partial charge in [-0.2, -0.15) is 0 Å². The van der Waals surface area contributed by atoms with Crippen molar-refractivity contribution >= 4 is 0 Å². The first-order valence-corrected chi connectivity index (χ1v) is 6.77. The Kier molecular flexibility index (Phi) is 2.94.